The van der Waals surface area contributed by atoms with Gasteiger partial charge in [-0.25, -0.2) is 4.99 Å². The molecular formula is C26H21N3O4S. The average Bonchev–Trinajstić information content (AvgIpc) is 3.33. The summed E-state index contributed by atoms with van der Waals surface area (Å²) in [6.07, 6.45) is 4.31. The van der Waals surface area contributed by atoms with Gasteiger partial charge in [0, 0.05) is 24.7 Å². The molecule has 2 aromatic rings. The van der Waals surface area contributed by atoms with Crippen molar-refractivity contribution in [2.75, 3.05) is 13.3 Å². The van der Waals surface area contributed by atoms with Crippen LogP contribution >= 0.6 is 12.2 Å². The minimum atomic E-state index is -0.546. The highest BCUT2D eigenvalue weighted by Crippen LogP contribution is 2.31. The van der Waals surface area contributed by atoms with Gasteiger partial charge in [0.1, 0.15) is 5.92 Å². The monoisotopic (exact) mass is 471 g/mol. The smallest absolute Gasteiger partial charge is 0.254 e. The Kier molecular flexibility index (Phi) is 5.03. The summed E-state index contributed by atoms with van der Waals surface area (Å²) in [4.78, 5) is 34.1. The number of carbonyl (C=O) groups is 2. The van der Waals surface area contributed by atoms with Gasteiger partial charge < -0.3 is 14.4 Å². The summed E-state index contributed by atoms with van der Waals surface area (Å²) in [5, 5.41) is 0.219. The Hall–Kier alpha value is -3.78. The maximum absolute atomic E-state index is 13.2. The fourth-order valence-electron chi connectivity index (χ4n) is 4.67. The lowest BCUT2D eigenvalue weighted by Crippen LogP contribution is -2.45. The van der Waals surface area contributed by atoms with Crippen LogP contribution in [0.4, 0.5) is 0 Å². The second-order valence-corrected chi connectivity index (χ2v) is 8.97. The van der Waals surface area contributed by atoms with Crippen molar-refractivity contribution in [1.82, 2.24) is 9.80 Å². The fourth-order valence-corrected chi connectivity index (χ4v) is 4.93. The van der Waals surface area contributed by atoms with Gasteiger partial charge in [-0.2, -0.15) is 0 Å². The van der Waals surface area contributed by atoms with Crippen molar-refractivity contribution in [1.29, 1.82) is 0 Å². The molecular weight excluding hydrogens is 450 g/mol. The van der Waals surface area contributed by atoms with Crippen LogP contribution in [0.2, 0.25) is 0 Å². The standard InChI is InChI=1S/C26H21N3O4S/c30-24(28-10-9-17-3-1-2-4-19(17)14-28)18-7-5-16(6-8-18)13-29-25(31)20-11-22-23(33-15-32-22)12-21(20)27-26(29)34/h1-8,11-12,20H,9-10,13-15H2. The molecule has 8 heteroatoms. The zero-order valence-electron chi connectivity index (χ0n) is 18.3. The van der Waals surface area contributed by atoms with E-state index in [1.807, 2.05) is 41.3 Å². The molecule has 0 N–H and O–H groups in total. The molecule has 0 bridgehead atoms. The summed E-state index contributed by atoms with van der Waals surface area (Å²) in [5.74, 6) is 0.454. The lowest BCUT2D eigenvalue weighted by Gasteiger charge is -2.31. The molecule has 1 unspecified atom stereocenters. The Morgan fingerprint density at radius 2 is 1.82 bits per heavy atom. The summed E-state index contributed by atoms with van der Waals surface area (Å²) < 4.78 is 10.8. The summed E-state index contributed by atoms with van der Waals surface area (Å²) in [6.45, 7) is 1.74. The first-order valence-electron chi connectivity index (χ1n) is 11.2. The second kappa shape index (κ2) is 8.22. The number of carbonyl (C=O) groups excluding carboxylic acids is 2. The van der Waals surface area contributed by atoms with Gasteiger partial charge in [-0.05, 0) is 53.5 Å². The van der Waals surface area contributed by atoms with Crippen LogP contribution in [-0.2, 0) is 33.8 Å². The molecule has 34 heavy (non-hydrogen) atoms. The Morgan fingerprint density at radius 3 is 2.65 bits per heavy atom. The van der Waals surface area contributed by atoms with E-state index in [-0.39, 0.29) is 30.3 Å². The number of fused-ring (bicyclic) bond motifs is 3. The molecule has 2 amide bonds. The van der Waals surface area contributed by atoms with Crippen molar-refractivity contribution in [2.45, 2.75) is 19.5 Å². The Balaban J connectivity index is 1.16. The van der Waals surface area contributed by atoms with E-state index < -0.39 is 5.92 Å². The topological polar surface area (TPSA) is 71.4 Å². The molecule has 6 rings (SSSR count). The zero-order chi connectivity index (χ0) is 23.2. The number of nitrogens with zero attached hydrogens (tertiary/aromatic N) is 3. The van der Waals surface area contributed by atoms with E-state index in [9.17, 15) is 9.59 Å². The van der Waals surface area contributed by atoms with Gasteiger partial charge in [0.2, 0.25) is 17.8 Å². The second-order valence-electron chi connectivity index (χ2n) is 8.61. The van der Waals surface area contributed by atoms with Crippen molar-refractivity contribution in [3.05, 3.63) is 94.5 Å². The third-order valence-corrected chi connectivity index (χ3v) is 6.85. The highest BCUT2D eigenvalue weighted by atomic mass is 32.1. The number of rotatable bonds is 3. The van der Waals surface area contributed by atoms with E-state index in [2.05, 4.69) is 17.1 Å². The predicted octanol–water partition coefficient (Wildman–Crippen LogP) is 3.36. The number of hydrogen-bond acceptors (Lipinski definition) is 5. The quantitative estimate of drug-likeness (QED) is 0.642. The lowest BCUT2D eigenvalue weighted by molar-refractivity contribution is -0.129. The lowest BCUT2D eigenvalue weighted by atomic mass is 9.93. The first kappa shape index (κ1) is 20.8. The molecule has 1 atom stereocenters. The molecule has 0 radical (unpaired) electrons. The van der Waals surface area contributed by atoms with E-state index in [1.54, 1.807) is 12.2 Å². The van der Waals surface area contributed by atoms with E-state index in [4.69, 9.17) is 21.7 Å². The van der Waals surface area contributed by atoms with Crippen LogP contribution in [0.15, 0.2) is 77.2 Å². The van der Waals surface area contributed by atoms with Crippen molar-refractivity contribution in [2.24, 2.45) is 10.9 Å². The molecule has 0 saturated carbocycles. The number of allylic oxidation sites excluding steroid dienone is 1. The van der Waals surface area contributed by atoms with Gasteiger partial charge in [-0.3, -0.25) is 14.5 Å². The fraction of sp³-hybridized carbons (Fsp3) is 0.231. The van der Waals surface area contributed by atoms with Crippen molar-refractivity contribution in [3.8, 4) is 0 Å². The molecule has 0 spiro atoms. The minimum absolute atomic E-state index is 0.00932. The van der Waals surface area contributed by atoms with Crippen LogP contribution in [0.3, 0.4) is 0 Å². The maximum Gasteiger partial charge on any atom is 0.254 e. The number of aliphatic imine (C=N–C) groups is 1. The van der Waals surface area contributed by atoms with Crippen LogP contribution in [0.5, 0.6) is 0 Å². The maximum atomic E-state index is 13.2. The first-order chi connectivity index (χ1) is 16.6. The minimum Gasteiger partial charge on any atom is -0.454 e. The van der Waals surface area contributed by atoms with Crippen LogP contribution in [-0.4, -0.2) is 45.8 Å². The number of amides is 2. The van der Waals surface area contributed by atoms with Gasteiger partial charge in [0.15, 0.2) is 11.5 Å². The number of benzene rings is 2. The first-order valence-corrected chi connectivity index (χ1v) is 11.6. The van der Waals surface area contributed by atoms with Gasteiger partial charge in [0.25, 0.3) is 5.91 Å². The zero-order valence-corrected chi connectivity index (χ0v) is 19.1. The van der Waals surface area contributed by atoms with Crippen LogP contribution in [0, 0.1) is 5.92 Å². The molecule has 1 fully saturated rings. The molecule has 4 aliphatic rings. The molecule has 3 aliphatic heterocycles. The normalized spacial score (nSPS) is 20.8. The Morgan fingerprint density at radius 1 is 1.06 bits per heavy atom. The largest absolute Gasteiger partial charge is 0.454 e. The van der Waals surface area contributed by atoms with E-state index in [0.717, 1.165) is 12.0 Å². The Bertz CT molecular complexity index is 1310. The van der Waals surface area contributed by atoms with Crippen LogP contribution in [0.1, 0.15) is 27.0 Å². The average molecular weight is 472 g/mol. The molecule has 3 heterocycles. The van der Waals surface area contributed by atoms with Gasteiger partial charge >= 0.3 is 0 Å². The van der Waals surface area contributed by atoms with Crippen molar-refractivity contribution in [3.63, 3.8) is 0 Å². The van der Waals surface area contributed by atoms with Crippen molar-refractivity contribution < 1.29 is 19.1 Å². The number of hydrogen-bond donors (Lipinski definition) is 0. The highest BCUT2D eigenvalue weighted by molar-refractivity contribution is 7.80. The molecule has 170 valence electrons. The van der Waals surface area contributed by atoms with E-state index in [1.165, 1.54) is 16.0 Å². The number of ether oxygens (including phenoxy) is 2. The summed E-state index contributed by atoms with van der Waals surface area (Å²) in [7, 11) is 0. The van der Waals surface area contributed by atoms with Crippen molar-refractivity contribution >= 4 is 34.9 Å². The summed E-state index contributed by atoms with van der Waals surface area (Å²) in [6, 6.07) is 15.6. The van der Waals surface area contributed by atoms with Crippen LogP contribution in [0.25, 0.3) is 0 Å². The molecule has 2 aromatic carbocycles. The summed E-state index contributed by atoms with van der Waals surface area (Å²) in [5.41, 5.74) is 4.57. The molecule has 7 nitrogen and oxygen atoms in total. The third kappa shape index (κ3) is 3.60. The third-order valence-electron chi connectivity index (χ3n) is 6.53. The van der Waals surface area contributed by atoms with E-state index in [0.29, 0.717) is 35.9 Å². The molecule has 0 aromatic heterocycles. The van der Waals surface area contributed by atoms with E-state index >= 15 is 0 Å². The summed E-state index contributed by atoms with van der Waals surface area (Å²) >= 11 is 5.41. The SMILES string of the molecule is O=C(c1ccc(CN2C(=O)C3C=C4OCOC4=CC3=NC2=S)cc1)N1CCc2ccccc2C1. The van der Waals surface area contributed by atoms with Gasteiger partial charge in [-0.1, -0.05) is 36.4 Å². The molecule has 1 aliphatic carbocycles. The predicted molar refractivity (Wildman–Crippen MR) is 129 cm³/mol. The number of thiocarbonyl (C=S) groups is 1. The van der Waals surface area contributed by atoms with Gasteiger partial charge in [0.05, 0.1) is 12.3 Å². The van der Waals surface area contributed by atoms with Gasteiger partial charge in [-0.15, -0.1) is 0 Å². The molecule has 1 saturated heterocycles. The van der Waals surface area contributed by atoms with Crippen LogP contribution < -0.4 is 0 Å². The highest BCUT2D eigenvalue weighted by Gasteiger charge is 2.38. The Labute approximate surface area is 202 Å².